The lowest BCUT2D eigenvalue weighted by atomic mass is 9.90. The van der Waals surface area contributed by atoms with E-state index in [2.05, 4.69) is 24.2 Å². The van der Waals surface area contributed by atoms with E-state index in [1.807, 2.05) is 0 Å². The number of nitrogens with zero attached hydrogens (tertiary/aromatic N) is 6. The minimum Gasteiger partial charge on any atom is -0.406 e. The number of hydrogen-bond acceptors (Lipinski definition) is 9. The number of fused-ring (bicyclic) bond motifs is 2. The molecule has 5 rings (SSSR count). The average molecular weight is 698 g/mol. The molecule has 0 spiro atoms. The van der Waals surface area contributed by atoms with Gasteiger partial charge < -0.3 is 14.2 Å². The number of benzene rings is 3. The molecule has 3 aromatic rings. The molecule has 0 radical (unpaired) electrons. The maximum Gasteiger partial charge on any atom is 0.573 e. The smallest absolute Gasteiger partial charge is 0.406 e. The summed E-state index contributed by atoms with van der Waals surface area (Å²) in [5.74, 6) is -2.96. The van der Waals surface area contributed by atoms with Gasteiger partial charge in [-0.2, -0.15) is 21.0 Å². The van der Waals surface area contributed by atoms with Crippen molar-refractivity contribution in [1.82, 2.24) is 0 Å². The van der Waals surface area contributed by atoms with Gasteiger partial charge in [-0.1, -0.05) is 0 Å². The Bertz CT molecular complexity index is 2200. The first-order valence-corrected chi connectivity index (χ1v) is 13.3. The van der Waals surface area contributed by atoms with Crippen molar-refractivity contribution in [1.29, 1.82) is 21.0 Å². The van der Waals surface area contributed by atoms with Crippen LogP contribution in [-0.4, -0.2) is 30.5 Å². The molecule has 18 heteroatoms. The minimum atomic E-state index is -5.35. The summed E-state index contributed by atoms with van der Waals surface area (Å²) in [6.07, 6.45) is -15.8. The zero-order valence-electron chi connectivity index (χ0n) is 24.4. The molecule has 9 nitrogen and oxygen atoms in total. The highest BCUT2D eigenvalue weighted by molar-refractivity contribution is 6.40. The molecular formula is C32H11F9N6O3. The molecule has 0 atom stereocenters. The van der Waals surface area contributed by atoms with Crippen LogP contribution in [0.15, 0.2) is 69.7 Å². The molecule has 0 amide bonds. The van der Waals surface area contributed by atoms with Crippen molar-refractivity contribution in [2.24, 2.45) is 9.98 Å². The van der Waals surface area contributed by atoms with E-state index in [0.717, 1.165) is 12.1 Å². The third-order valence-electron chi connectivity index (χ3n) is 6.72. The largest absolute Gasteiger partial charge is 0.573 e. The van der Waals surface area contributed by atoms with E-state index in [-0.39, 0.29) is 50.5 Å². The van der Waals surface area contributed by atoms with Crippen molar-refractivity contribution < 1.29 is 53.7 Å². The minimum absolute atomic E-state index is 0.00743. The molecule has 0 saturated carbocycles. The zero-order chi connectivity index (χ0) is 36.8. The number of halogens is 9. The van der Waals surface area contributed by atoms with Gasteiger partial charge in [0.25, 0.3) is 0 Å². The van der Waals surface area contributed by atoms with E-state index in [1.165, 1.54) is 25.1 Å². The fourth-order valence-corrected chi connectivity index (χ4v) is 5.14. The standard InChI is InChI=1S/C32H11F9N6O3/c1-14-2-15(4-19(3-14)48-30(33,34)35)28-26(17(10-42)11-43)22-8-25-23(9-24(22)46-28)27(18(12-44)13-45)29(47-25)16-5-20(49-31(36,37)38)7-21(6-16)50-32(39,40)41/h2-9H,1H3. The van der Waals surface area contributed by atoms with Crippen molar-refractivity contribution in [3.8, 4) is 41.5 Å². The van der Waals surface area contributed by atoms with Crippen LogP contribution in [0.2, 0.25) is 0 Å². The Balaban J connectivity index is 1.74. The number of nitriles is 4. The zero-order valence-corrected chi connectivity index (χ0v) is 24.4. The van der Waals surface area contributed by atoms with Gasteiger partial charge in [-0.3, -0.25) is 0 Å². The van der Waals surface area contributed by atoms with Crippen molar-refractivity contribution in [3.05, 3.63) is 87.5 Å². The van der Waals surface area contributed by atoms with Crippen LogP contribution in [0.1, 0.15) is 27.8 Å². The van der Waals surface area contributed by atoms with Gasteiger partial charge in [0, 0.05) is 39.5 Å². The van der Waals surface area contributed by atoms with Gasteiger partial charge in [0.15, 0.2) is 0 Å². The van der Waals surface area contributed by atoms with Gasteiger partial charge in [0.1, 0.15) is 52.7 Å². The molecule has 2 heterocycles. The fourth-order valence-electron chi connectivity index (χ4n) is 5.14. The molecular weight excluding hydrogens is 687 g/mol. The topological polar surface area (TPSA) is 148 Å². The molecule has 0 aliphatic carbocycles. The Morgan fingerprint density at radius 2 is 0.860 bits per heavy atom. The van der Waals surface area contributed by atoms with Crippen LogP contribution in [0.5, 0.6) is 17.2 Å². The normalized spacial score (nSPS) is 13.5. The summed E-state index contributed by atoms with van der Waals surface area (Å²) in [5, 5.41) is 39.0. The van der Waals surface area contributed by atoms with Gasteiger partial charge in [-0.15, -0.1) is 39.5 Å². The van der Waals surface area contributed by atoms with Crippen LogP contribution >= 0.6 is 0 Å². The van der Waals surface area contributed by atoms with Crippen LogP contribution in [0.25, 0.3) is 11.1 Å². The van der Waals surface area contributed by atoms with Gasteiger partial charge in [0.2, 0.25) is 0 Å². The Labute approximate surface area is 273 Å². The molecule has 250 valence electrons. The first kappa shape index (κ1) is 34.5. The summed E-state index contributed by atoms with van der Waals surface area (Å²) in [6.45, 7) is 1.45. The Hall–Kier alpha value is -6.79. The molecule has 0 N–H and O–H groups in total. The van der Waals surface area contributed by atoms with E-state index in [1.54, 1.807) is 24.3 Å². The van der Waals surface area contributed by atoms with Crippen molar-refractivity contribution in [2.75, 3.05) is 0 Å². The number of aryl methyl sites for hydroxylation is 1. The van der Waals surface area contributed by atoms with Crippen molar-refractivity contribution in [3.63, 3.8) is 0 Å². The van der Waals surface area contributed by atoms with Crippen molar-refractivity contribution >= 4 is 33.9 Å². The molecule has 0 aromatic heterocycles. The first-order valence-electron chi connectivity index (χ1n) is 13.3. The summed E-state index contributed by atoms with van der Waals surface area (Å²) in [6, 6.07) is 14.0. The molecule has 0 fully saturated rings. The summed E-state index contributed by atoms with van der Waals surface area (Å²) in [4.78, 5) is 8.70. The predicted octanol–water partition coefficient (Wildman–Crippen LogP) is 8.56. The number of allylic oxidation sites excluding steroid dienone is 4. The van der Waals surface area contributed by atoms with Gasteiger partial charge in [-0.05, 0) is 55.0 Å². The summed E-state index contributed by atoms with van der Waals surface area (Å²) >= 11 is 0. The molecule has 0 saturated heterocycles. The monoisotopic (exact) mass is 698 g/mol. The van der Waals surface area contributed by atoms with Crippen LogP contribution in [0.3, 0.4) is 0 Å². The fraction of sp³-hybridized carbons (Fsp3) is 0.125. The Morgan fingerprint density at radius 1 is 0.520 bits per heavy atom. The van der Waals surface area contributed by atoms with Gasteiger partial charge in [0.05, 0.1) is 22.8 Å². The van der Waals surface area contributed by atoms with Crippen LogP contribution in [-0.2, 0) is 0 Å². The maximum absolute atomic E-state index is 13.1. The number of alkyl halides is 9. The van der Waals surface area contributed by atoms with E-state index in [4.69, 9.17) is 0 Å². The molecule has 3 aromatic carbocycles. The average Bonchev–Trinajstić information content (AvgIpc) is 3.53. The summed E-state index contributed by atoms with van der Waals surface area (Å²) < 4.78 is 129. The van der Waals surface area contributed by atoms with E-state index in [0.29, 0.717) is 18.2 Å². The highest BCUT2D eigenvalue weighted by atomic mass is 19.4. The quantitative estimate of drug-likeness (QED) is 0.192. The lowest BCUT2D eigenvalue weighted by Gasteiger charge is -2.15. The van der Waals surface area contributed by atoms with Crippen LogP contribution < -0.4 is 14.2 Å². The SMILES string of the molecule is Cc1cc(OC(F)(F)F)cc(C2=Nc3cc4c(cc3C2=C(C#N)C#N)N=C(c2cc(OC(F)(F)F)cc(OC(F)(F)F)c2)C4=C(C#N)C#N)c1. The summed E-state index contributed by atoms with van der Waals surface area (Å²) in [7, 11) is 0. The lowest BCUT2D eigenvalue weighted by molar-refractivity contribution is -0.277. The number of hydrogen-bond donors (Lipinski definition) is 0. The molecule has 2 aliphatic rings. The third-order valence-corrected chi connectivity index (χ3v) is 6.72. The second-order valence-electron chi connectivity index (χ2n) is 10.1. The van der Waals surface area contributed by atoms with E-state index in [9.17, 15) is 60.6 Å². The lowest BCUT2D eigenvalue weighted by Crippen LogP contribution is -2.19. The second-order valence-corrected chi connectivity index (χ2v) is 10.1. The van der Waals surface area contributed by atoms with Crippen LogP contribution in [0, 0.1) is 52.2 Å². The Kier molecular flexibility index (Phi) is 8.53. The van der Waals surface area contributed by atoms with Crippen LogP contribution in [0.4, 0.5) is 50.9 Å². The maximum atomic E-state index is 13.1. The Morgan fingerprint density at radius 3 is 1.20 bits per heavy atom. The van der Waals surface area contributed by atoms with E-state index < -0.39 is 58.8 Å². The second kappa shape index (κ2) is 12.3. The summed E-state index contributed by atoms with van der Waals surface area (Å²) in [5.41, 5.74) is -2.78. The van der Waals surface area contributed by atoms with Crippen molar-refractivity contribution in [2.45, 2.75) is 26.0 Å². The molecule has 0 bridgehead atoms. The highest BCUT2D eigenvalue weighted by Gasteiger charge is 2.37. The molecule has 0 unspecified atom stereocenters. The van der Waals surface area contributed by atoms with Gasteiger partial charge >= 0.3 is 19.1 Å². The number of aliphatic imine (C=N–C) groups is 2. The molecule has 2 aliphatic heterocycles. The third kappa shape index (κ3) is 7.20. The number of rotatable bonds is 5. The van der Waals surface area contributed by atoms with Gasteiger partial charge in [-0.25, -0.2) is 9.98 Å². The number of ether oxygens (including phenoxy) is 3. The van der Waals surface area contributed by atoms with E-state index >= 15 is 0 Å². The first-order chi connectivity index (χ1) is 23.3. The highest BCUT2D eigenvalue weighted by Crippen LogP contribution is 2.48. The molecule has 50 heavy (non-hydrogen) atoms. The predicted molar refractivity (Wildman–Crippen MR) is 153 cm³/mol.